The number of carbonyl (C=O) groups is 1. The van der Waals surface area contributed by atoms with Gasteiger partial charge in [0.25, 0.3) is 0 Å². The molecule has 3 heteroatoms. The van der Waals surface area contributed by atoms with Crippen LogP contribution in [0.1, 0.15) is 34.8 Å². The summed E-state index contributed by atoms with van der Waals surface area (Å²) in [5, 5.41) is 19.7. The quantitative estimate of drug-likeness (QED) is 0.884. The van der Waals surface area contributed by atoms with Crippen molar-refractivity contribution in [1.29, 1.82) is 0 Å². The molecule has 0 aromatic heterocycles. The molecule has 0 amide bonds. The van der Waals surface area contributed by atoms with Gasteiger partial charge in [-0.25, -0.2) is 4.79 Å². The Morgan fingerprint density at radius 3 is 2.00 bits per heavy atom. The molecular weight excluding hydrogens is 240 g/mol. The molecular formula is C16H16O3. The standard InChI is InChI=1S/C16H16O3/c1-2-16(19,13-6-4-3-5-7-13)14-10-8-12(9-11-14)15(17)18/h3-11,19H,2H2,1H3,(H,17,18). The monoisotopic (exact) mass is 256 g/mol. The van der Waals surface area contributed by atoms with E-state index in [0.29, 0.717) is 12.0 Å². The molecule has 98 valence electrons. The minimum Gasteiger partial charge on any atom is -0.478 e. The Morgan fingerprint density at radius 1 is 1.00 bits per heavy atom. The normalized spacial score (nSPS) is 13.8. The maximum atomic E-state index is 10.8. The summed E-state index contributed by atoms with van der Waals surface area (Å²) in [5.74, 6) is -0.966. The van der Waals surface area contributed by atoms with Crippen LogP contribution in [0.3, 0.4) is 0 Å². The molecule has 0 radical (unpaired) electrons. The van der Waals surface area contributed by atoms with Gasteiger partial charge in [-0.1, -0.05) is 49.4 Å². The Morgan fingerprint density at radius 2 is 1.53 bits per heavy atom. The van der Waals surface area contributed by atoms with Crippen molar-refractivity contribution in [1.82, 2.24) is 0 Å². The summed E-state index contributed by atoms with van der Waals surface area (Å²) in [5.41, 5.74) is 0.639. The van der Waals surface area contributed by atoms with Crippen molar-refractivity contribution in [3.8, 4) is 0 Å². The predicted octanol–water partition coefficient (Wildman–Crippen LogP) is 3.03. The molecule has 19 heavy (non-hydrogen) atoms. The second kappa shape index (κ2) is 5.24. The maximum absolute atomic E-state index is 10.8. The largest absolute Gasteiger partial charge is 0.478 e. The number of hydrogen-bond donors (Lipinski definition) is 2. The van der Waals surface area contributed by atoms with Crippen molar-refractivity contribution in [3.63, 3.8) is 0 Å². The molecule has 1 unspecified atom stereocenters. The molecule has 0 aliphatic carbocycles. The Kier molecular flexibility index (Phi) is 3.67. The molecule has 0 spiro atoms. The van der Waals surface area contributed by atoms with E-state index in [1.165, 1.54) is 12.1 Å². The summed E-state index contributed by atoms with van der Waals surface area (Å²) >= 11 is 0. The maximum Gasteiger partial charge on any atom is 0.335 e. The van der Waals surface area contributed by atoms with Gasteiger partial charge in [-0.15, -0.1) is 0 Å². The molecule has 2 N–H and O–H groups in total. The van der Waals surface area contributed by atoms with Crippen LogP contribution in [0.5, 0.6) is 0 Å². The Hall–Kier alpha value is -2.13. The molecule has 2 aromatic rings. The summed E-state index contributed by atoms with van der Waals surface area (Å²) in [6.45, 7) is 1.90. The van der Waals surface area contributed by atoms with Gasteiger partial charge in [0.15, 0.2) is 0 Å². The Labute approximate surface area is 112 Å². The van der Waals surface area contributed by atoms with E-state index in [0.717, 1.165) is 5.56 Å². The summed E-state index contributed by atoms with van der Waals surface area (Å²) < 4.78 is 0. The van der Waals surface area contributed by atoms with Gasteiger partial charge in [0, 0.05) is 0 Å². The fourth-order valence-electron chi connectivity index (χ4n) is 2.18. The van der Waals surface area contributed by atoms with E-state index in [-0.39, 0.29) is 5.56 Å². The topological polar surface area (TPSA) is 57.5 Å². The molecule has 2 aromatic carbocycles. The molecule has 0 aliphatic heterocycles. The second-order valence-corrected chi connectivity index (χ2v) is 4.46. The first-order valence-electron chi connectivity index (χ1n) is 6.19. The summed E-state index contributed by atoms with van der Waals surface area (Å²) in [4.78, 5) is 10.8. The third-order valence-electron chi connectivity index (χ3n) is 3.37. The molecule has 0 aliphatic rings. The average Bonchev–Trinajstić information content (AvgIpc) is 2.47. The SMILES string of the molecule is CCC(O)(c1ccccc1)c1ccc(C(=O)O)cc1. The van der Waals surface area contributed by atoms with Crippen LogP contribution >= 0.6 is 0 Å². The number of aliphatic hydroxyl groups is 1. The first-order valence-corrected chi connectivity index (χ1v) is 6.19. The summed E-state index contributed by atoms with van der Waals surface area (Å²) in [6, 6.07) is 15.8. The minimum atomic E-state index is -1.09. The van der Waals surface area contributed by atoms with Gasteiger partial charge in [0.2, 0.25) is 0 Å². The molecule has 0 fully saturated rings. The second-order valence-electron chi connectivity index (χ2n) is 4.46. The molecule has 0 heterocycles. The van der Waals surface area contributed by atoms with E-state index in [9.17, 15) is 9.90 Å². The van der Waals surface area contributed by atoms with E-state index in [2.05, 4.69) is 0 Å². The summed E-state index contributed by atoms with van der Waals surface area (Å²) in [7, 11) is 0. The van der Waals surface area contributed by atoms with Gasteiger partial charge in [-0.05, 0) is 29.7 Å². The van der Waals surface area contributed by atoms with Gasteiger partial charge < -0.3 is 10.2 Å². The predicted molar refractivity (Wildman–Crippen MR) is 73.1 cm³/mol. The van der Waals surface area contributed by atoms with Crippen molar-refractivity contribution in [2.24, 2.45) is 0 Å². The van der Waals surface area contributed by atoms with E-state index < -0.39 is 11.6 Å². The van der Waals surface area contributed by atoms with Crippen molar-refractivity contribution in [2.45, 2.75) is 18.9 Å². The van der Waals surface area contributed by atoms with Gasteiger partial charge in [0.1, 0.15) is 5.60 Å². The van der Waals surface area contributed by atoms with Crippen molar-refractivity contribution in [2.75, 3.05) is 0 Å². The van der Waals surface area contributed by atoms with Crippen LogP contribution in [0.15, 0.2) is 54.6 Å². The highest BCUT2D eigenvalue weighted by Gasteiger charge is 2.29. The van der Waals surface area contributed by atoms with Gasteiger partial charge >= 0.3 is 5.97 Å². The van der Waals surface area contributed by atoms with Crippen LogP contribution in [0, 0.1) is 0 Å². The number of carboxylic acids is 1. The first-order chi connectivity index (χ1) is 9.08. The molecule has 0 saturated carbocycles. The number of benzene rings is 2. The number of aromatic carboxylic acids is 1. The highest BCUT2D eigenvalue weighted by atomic mass is 16.4. The lowest BCUT2D eigenvalue weighted by atomic mass is 9.84. The van der Waals surface area contributed by atoms with Crippen LogP contribution in [0.4, 0.5) is 0 Å². The smallest absolute Gasteiger partial charge is 0.335 e. The number of hydrogen-bond acceptors (Lipinski definition) is 2. The third-order valence-corrected chi connectivity index (χ3v) is 3.37. The highest BCUT2D eigenvalue weighted by Crippen LogP contribution is 2.32. The van der Waals surface area contributed by atoms with Crippen LogP contribution in [-0.4, -0.2) is 16.2 Å². The Balaban J connectivity index is 2.44. The lowest BCUT2D eigenvalue weighted by Crippen LogP contribution is -2.26. The highest BCUT2D eigenvalue weighted by molar-refractivity contribution is 5.87. The van der Waals surface area contributed by atoms with Crippen molar-refractivity contribution in [3.05, 3.63) is 71.3 Å². The van der Waals surface area contributed by atoms with Crippen LogP contribution in [0.25, 0.3) is 0 Å². The van der Waals surface area contributed by atoms with Crippen molar-refractivity contribution < 1.29 is 15.0 Å². The zero-order chi connectivity index (χ0) is 13.9. The van der Waals surface area contributed by atoms with Crippen molar-refractivity contribution >= 4 is 5.97 Å². The van der Waals surface area contributed by atoms with E-state index in [4.69, 9.17) is 5.11 Å². The lowest BCUT2D eigenvalue weighted by molar-refractivity contribution is 0.0692. The lowest BCUT2D eigenvalue weighted by Gasteiger charge is -2.28. The van der Waals surface area contributed by atoms with E-state index >= 15 is 0 Å². The minimum absolute atomic E-state index is 0.218. The van der Waals surface area contributed by atoms with Crippen LogP contribution < -0.4 is 0 Å². The summed E-state index contributed by atoms with van der Waals surface area (Å²) in [6.07, 6.45) is 0.517. The Bertz CT molecular complexity index is 560. The first kappa shape index (κ1) is 13.3. The van der Waals surface area contributed by atoms with E-state index in [1.807, 2.05) is 37.3 Å². The third kappa shape index (κ3) is 2.51. The fourth-order valence-corrected chi connectivity index (χ4v) is 2.18. The number of rotatable bonds is 4. The van der Waals surface area contributed by atoms with E-state index in [1.54, 1.807) is 12.1 Å². The molecule has 0 bridgehead atoms. The number of carboxylic acid groups (broad SMARTS) is 1. The van der Waals surface area contributed by atoms with Gasteiger partial charge in [0.05, 0.1) is 5.56 Å². The van der Waals surface area contributed by atoms with Gasteiger partial charge in [-0.2, -0.15) is 0 Å². The molecule has 1 atom stereocenters. The average molecular weight is 256 g/mol. The molecule has 3 nitrogen and oxygen atoms in total. The zero-order valence-corrected chi connectivity index (χ0v) is 10.7. The van der Waals surface area contributed by atoms with Crippen LogP contribution in [0.2, 0.25) is 0 Å². The fraction of sp³-hybridized carbons (Fsp3) is 0.188. The zero-order valence-electron chi connectivity index (χ0n) is 10.7. The van der Waals surface area contributed by atoms with Gasteiger partial charge in [-0.3, -0.25) is 0 Å². The molecule has 2 rings (SSSR count). The van der Waals surface area contributed by atoms with Crippen LogP contribution in [-0.2, 0) is 5.60 Å². The molecule has 0 saturated heterocycles.